The maximum atomic E-state index is 12.3. The molecule has 0 saturated carbocycles. The molecule has 1 aliphatic rings. The van der Waals surface area contributed by atoms with Gasteiger partial charge in [-0.15, -0.1) is 0 Å². The zero-order chi connectivity index (χ0) is 17.4. The number of fused-ring (bicyclic) bond motifs is 1. The van der Waals surface area contributed by atoms with E-state index in [1.807, 2.05) is 6.92 Å². The van der Waals surface area contributed by atoms with Crippen LogP contribution in [0.15, 0.2) is 9.59 Å². The van der Waals surface area contributed by atoms with Gasteiger partial charge < -0.3 is 10.1 Å². The van der Waals surface area contributed by atoms with Crippen molar-refractivity contribution in [3.63, 3.8) is 0 Å². The minimum atomic E-state index is -0.386. The Morgan fingerprint density at radius 3 is 2.75 bits per heavy atom. The molecule has 0 aliphatic carbocycles. The molecule has 3 rings (SSSR count). The summed E-state index contributed by atoms with van der Waals surface area (Å²) >= 11 is 0. The Kier molecular flexibility index (Phi) is 4.60. The highest BCUT2D eigenvalue weighted by Crippen LogP contribution is 2.23. The molecule has 3 heterocycles. The molecule has 24 heavy (non-hydrogen) atoms. The van der Waals surface area contributed by atoms with Gasteiger partial charge in [-0.3, -0.25) is 18.8 Å². The monoisotopic (exact) mass is 335 g/mol. The summed E-state index contributed by atoms with van der Waals surface area (Å²) in [6.07, 6.45) is 3.54. The number of aliphatic hydroxyl groups excluding tert-OH is 1. The topological polar surface area (TPSA) is 96.2 Å². The van der Waals surface area contributed by atoms with Gasteiger partial charge in [-0.1, -0.05) is 13.3 Å². The van der Waals surface area contributed by atoms with E-state index in [9.17, 15) is 14.7 Å². The van der Waals surface area contributed by atoms with Crippen LogP contribution in [-0.2, 0) is 20.6 Å². The zero-order valence-corrected chi connectivity index (χ0v) is 14.4. The van der Waals surface area contributed by atoms with Gasteiger partial charge in [0.1, 0.15) is 11.3 Å². The van der Waals surface area contributed by atoms with Gasteiger partial charge in [0.15, 0.2) is 5.65 Å². The average Bonchev–Trinajstić information content (AvgIpc) is 3.02. The lowest BCUT2D eigenvalue weighted by Gasteiger charge is -2.37. The van der Waals surface area contributed by atoms with Crippen LogP contribution in [0.1, 0.15) is 38.4 Å². The second-order valence-electron chi connectivity index (χ2n) is 6.60. The number of hydrogen-bond donors (Lipinski definition) is 2. The Morgan fingerprint density at radius 1 is 1.29 bits per heavy atom. The van der Waals surface area contributed by atoms with Gasteiger partial charge in [-0.25, -0.2) is 9.78 Å². The molecule has 1 aliphatic heterocycles. The highest BCUT2D eigenvalue weighted by Gasteiger charge is 2.28. The Bertz CT molecular complexity index is 850. The summed E-state index contributed by atoms with van der Waals surface area (Å²) in [5.41, 5.74) is -0.0275. The Hall–Kier alpha value is -1.93. The lowest BCUT2D eigenvalue weighted by Crippen LogP contribution is -2.46. The molecule has 2 aromatic heterocycles. The molecule has 2 aromatic rings. The predicted octanol–water partition coefficient (Wildman–Crippen LogP) is 0.0857. The van der Waals surface area contributed by atoms with Crippen molar-refractivity contribution in [3.8, 4) is 0 Å². The Balaban J connectivity index is 1.95. The number of nitrogens with one attached hydrogen (secondary N) is 1. The minimum absolute atomic E-state index is 0.114. The van der Waals surface area contributed by atoms with Crippen molar-refractivity contribution in [1.82, 2.24) is 24.0 Å². The van der Waals surface area contributed by atoms with Crippen molar-refractivity contribution in [2.75, 3.05) is 6.54 Å². The summed E-state index contributed by atoms with van der Waals surface area (Å²) in [7, 11) is 3.07. The summed E-state index contributed by atoms with van der Waals surface area (Å²) in [4.78, 5) is 34.0. The van der Waals surface area contributed by atoms with Crippen LogP contribution >= 0.6 is 0 Å². The van der Waals surface area contributed by atoms with Gasteiger partial charge in [-0.2, -0.15) is 0 Å². The largest absolute Gasteiger partial charge is 0.392 e. The van der Waals surface area contributed by atoms with Gasteiger partial charge >= 0.3 is 5.69 Å². The SMILES string of the molecule is CCC(O)C1CCCCN1Cc1nc2c([nH]1)c(=O)n(C)c(=O)n2C. The maximum absolute atomic E-state index is 12.3. The van der Waals surface area contributed by atoms with E-state index in [0.29, 0.717) is 23.5 Å². The van der Waals surface area contributed by atoms with Crippen LogP contribution < -0.4 is 11.2 Å². The summed E-state index contributed by atoms with van der Waals surface area (Å²) in [5, 5.41) is 10.3. The fourth-order valence-electron chi connectivity index (χ4n) is 3.56. The van der Waals surface area contributed by atoms with Crippen molar-refractivity contribution in [2.45, 2.75) is 51.3 Å². The fourth-order valence-corrected chi connectivity index (χ4v) is 3.56. The molecule has 0 bridgehead atoms. The van der Waals surface area contributed by atoms with Crippen LogP contribution in [0.5, 0.6) is 0 Å². The summed E-state index contributed by atoms with van der Waals surface area (Å²) < 4.78 is 2.46. The van der Waals surface area contributed by atoms with E-state index in [0.717, 1.165) is 36.8 Å². The molecule has 0 amide bonds. The molecule has 1 fully saturated rings. The number of aromatic nitrogens is 4. The smallest absolute Gasteiger partial charge is 0.332 e. The third kappa shape index (κ3) is 2.80. The number of likely N-dealkylation sites (tertiary alicyclic amines) is 1. The highest BCUT2D eigenvalue weighted by molar-refractivity contribution is 5.69. The number of piperidine rings is 1. The second-order valence-corrected chi connectivity index (χ2v) is 6.60. The predicted molar refractivity (Wildman–Crippen MR) is 90.9 cm³/mol. The van der Waals surface area contributed by atoms with E-state index < -0.39 is 0 Å². The van der Waals surface area contributed by atoms with Crippen molar-refractivity contribution in [3.05, 3.63) is 26.7 Å². The highest BCUT2D eigenvalue weighted by atomic mass is 16.3. The van der Waals surface area contributed by atoms with Crippen molar-refractivity contribution in [1.29, 1.82) is 0 Å². The number of nitrogens with zero attached hydrogens (tertiary/aromatic N) is 4. The van der Waals surface area contributed by atoms with Gasteiger partial charge in [-0.05, 0) is 25.8 Å². The van der Waals surface area contributed by atoms with Crippen LogP contribution in [-0.4, -0.2) is 47.8 Å². The third-order valence-electron chi connectivity index (χ3n) is 5.02. The number of aliphatic hydroxyl groups is 1. The summed E-state index contributed by atoms with van der Waals surface area (Å²) in [6, 6.07) is 0.114. The molecule has 132 valence electrons. The normalized spacial score (nSPS) is 20.6. The quantitative estimate of drug-likeness (QED) is 0.825. The van der Waals surface area contributed by atoms with Crippen LogP contribution in [0.4, 0.5) is 0 Å². The van der Waals surface area contributed by atoms with E-state index >= 15 is 0 Å². The lowest BCUT2D eigenvalue weighted by molar-refractivity contribution is 0.0184. The molecular weight excluding hydrogens is 310 g/mol. The molecule has 0 aromatic carbocycles. The van der Waals surface area contributed by atoms with E-state index in [4.69, 9.17) is 0 Å². The maximum Gasteiger partial charge on any atom is 0.332 e. The van der Waals surface area contributed by atoms with Gasteiger partial charge in [0.2, 0.25) is 0 Å². The van der Waals surface area contributed by atoms with Crippen molar-refractivity contribution >= 4 is 11.2 Å². The standard InChI is InChI=1S/C16H25N5O3/c1-4-11(22)10-7-5-6-8-21(10)9-12-17-13-14(18-12)19(2)16(24)20(3)15(13)23/h10-11,22H,4-9H2,1-3H3,(H,17,18). The first kappa shape index (κ1) is 16.9. The number of aryl methyl sites for hydroxylation is 1. The molecule has 2 unspecified atom stereocenters. The summed E-state index contributed by atoms with van der Waals surface area (Å²) in [5.74, 6) is 0.651. The molecule has 0 radical (unpaired) electrons. The number of H-pyrrole nitrogens is 1. The first-order valence-electron chi connectivity index (χ1n) is 8.50. The zero-order valence-electron chi connectivity index (χ0n) is 14.4. The Morgan fingerprint density at radius 2 is 2.04 bits per heavy atom. The minimum Gasteiger partial charge on any atom is -0.392 e. The molecule has 2 atom stereocenters. The summed E-state index contributed by atoms with van der Waals surface area (Å²) in [6.45, 7) is 3.42. The number of aromatic amines is 1. The third-order valence-corrected chi connectivity index (χ3v) is 5.02. The first-order chi connectivity index (χ1) is 11.4. The van der Waals surface area contributed by atoms with Crippen LogP contribution in [0, 0.1) is 0 Å². The fraction of sp³-hybridized carbons (Fsp3) is 0.688. The number of rotatable bonds is 4. The number of hydrogen-bond acceptors (Lipinski definition) is 5. The lowest BCUT2D eigenvalue weighted by atomic mass is 9.96. The average molecular weight is 335 g/mol. The van der Waals surface area contributed by atoms with Crippen molar-refractivity contribution < 1.29 is 5.11 Å². The number of imidazole rings is 1. The second kappa shape index (κ2) is 6.52. The van der Waals surface area contributed by atoms with E-state index in [-0.39, 0.29) is 23.4 Å². The molecule has 8 heteroatoms. The van der Waals surface area contributed by atoms with Crippen LogP contribution in [0.3, 0.4) is 0 Å². The van der Waals surface area contributed by atoms with Crippen LogP contribution in [0.25, 0.3) is 11.2 Å². The Labute approximate surface area is 139 Å². The van der Waals surface area contributed by atoms with Crippen LogP contribution in [0.2, 0.25) is 0 Å². The molecule has 1 saturated heterocycles. The van der Waals surface area contributed by atoms with Gasteiger partial charge in [0.05, 0.1) is 12.6 Å². The van der Waals surface area contributed by atoms with E-state index in [1.54, 1.807) is 7.05 Å². The van der Waals surface area contributed by atoms with E-state index in [1.165, 1.54) is 11.6 Å². The molecular formula is C16H25N5O3. The molecule has 8 nitrogen and oxygen atoms in total. The molecule has 0 spiro atoms. The van der Waals surface area contributed by atoms with E-state index in [2.05, 4.69) is 14.9 Å². The first-order valence-corrected chi connectivity index (χ1v) is 8.50. The van der Waals surface area contributed by atoms with Gasteiger partial charge in [0.25, 0.3) is 5.56 Å². The van der Waals surface area contributed by atoms with Crippen molar-refractivity contribution in [2.24, 2.45) is 14.1 Å². The molecule has 2 N–H and O–H groups in total. The van der Waals surface area contributed by atoms with Gasteiger partial charge in [0, 0.05) is 20.1 Å².